The second kappa shape index (κ2) is 5.78. The first-order valence-corrected chi connectivity index (χ1v) is 8.92. The van der Waals surface area contributed by atoms with Gasteiger partial charge in [-0.15, -0.1) is 0 Å². The number of benzene rings is 1. The highest BCUT2D eigenvalue weighted by Crippen LogP contribution is 2.42. The van der Waals surface area contributed by atoms with Crippen molar-refractivity contribution < 1.29 is 9.53 Å². The van der Waals surface area contributed by atoms with E-state index in [0.29, 0.717) is 16.6 Å². The van der Waals surface area contributed by atoms with Crippen molar-refractivity contribution in [2.24, 2.45) is 0 Å². The van der Waals surface area contributed by atoms with Gasteiger partial charge in [-0.05, 0) is 40.9 Å². The Labute approximate surface area is 112 Å². The van der Waals surface area contributed by atoms with Crippen LogP contribution in [0.5, 0.6) is 11.5 Å². The summed E-state index contributed by atoms with van der Waals surface area (Å²) in [6.07, 6.45) is 0. The van der Waals surface area contributed by atoms with Crippen LogP contribution in [-0.4, -0.2) is 13.4 Å². The molecule has 18 heavy (non-hydrogen) atoms. The van der Waals surface area contributed by atoms with Gasteiger partial charge >= 0.3 is 0 Å². The molecule has 0 aliphatic rings. The van der Waals surface area contributed by atoms with Crippen LogP contribution in [0.25, 0.3) is 0 Å². The molecule has 2 nitrogen and oxygen atoms in total. The molecule has 1 N–H and O–H groups in total. The maximum Gasteiger partial charge on any atom is 0.258 e. The van der Waals surface area contributed by atoms with E-state index in [0.717, 1.165) is 5.75 Å². The van der Waals surface area contributed by atoms with Crippen molar-refractivity contribution in [1.82, 2.24) is 0 Å². The molecule has 3 heteroatoms. The van der Waals surface area contributed by atoms with Crippen LogP contribution in [0.1, 0.15) is 41.5 Å². The predicted molar refractivity (Wildman–Crippen MR) is 79.8 cm³/mol. The molecular weight excluding hydrogens is 240 g/mol. The summed E-state index contributed by atoms with van der Waals surface area (Å²) in [5.74, 6) is 1.17. The average Bonchev–Trinajstić information content (AvgIpc) is 2.26. The fourth-order valence-electron chi connectivity index (χ4n) is 3.07. The van der Waals surface area contributed by atoms with Gasteiger partial charge in [0.25, 0.3) is 8.32 Å². The van der Waals surface area contributed by atoms with Crippen molar-refractivity contribution in [1.29, 1.82) is 0 Å². The minimum absolute atomic E-state index is 0.285. The van der Waals surface area contributed by atoms with E-state index in [-0.39, 0.29) is 5.75 Å². The van der Waals surface area contributed by atoms with Gasteiger partial charge in [0, 0.05) is 0 Å². The number of phenolic OH excluding ortho intramolecular Hbond substituents is 1. The molecule has 0 bridgehead atoms. The summed E-state index contributed by atoms with van der Waals surface area (Å²) in [6, 6.07) is 7.11. The molecule has 102 valence electrons. The lowest BCUT2D eigenvalue weighted by Crippen LogP contribution is -2.50. The lowest BCUT2D eigenvalue weighted by atomic mass is 10.3. The number of hydrogen-bond acceptors (Lipinski definition) is 2. The van der Waals surface area contributed by atoms with Gasteiger partial charge in [-0.2, -0.15) is 0 Å². The molecule has 0 saturated heterocycles. The Morgan fingerprint density at radius 3 is 1.56 bits per heavy atom. The van der Waals surface area contributed by atoms with E-state index in [9.17, 15) is 5.11 Å². The number of rotatable bonds is 5. The van der Waals surface area contributed by atoms with Crippen LogP contribution < -0.4 is 4.43 Å². The number of phenols is 1. The Kier molecular flexibility index (Phi) is 4.85. The molecule has 1 aromatic rings. The van der Waals surface area contributed by atoms with Crippen molar-refractivity contribution in [3.63, 3.8) is 0 Å². The molecule has 0 heterocycles. The molecule has 0 atom stereocenters. The highest BCUT2D eigenvalue weighted by atomic mass is 28.4. The summed E-state index contributed by atoms with van der Waals surface area (Å²) in [5.41, 5.74) is 1.68. The molecule has 0 amide bonds. The molecule has 0 aromatic heterocycles. The van der Waals surface area contributed by atoms with Crippen molar-refractivity contribution in [3.8, 4) is 11.5 Å². The first-order valence-electron chi connectivity index (χ1n) is 6.78. The van der Waals surface area contributed by atoms with Gasteiger partial charge in [0.15, 0.2) is 0 Å². The summed E-state index contributed by atoms with van der Waals surface area (Å²) in [7, 11) is -1.87. The highest BCUT2D eigenvalue weighted by molar-refractivity contribution is 6.78. The third kappa shape index (κ3) is 2.89. The van der Waals surface area contributed by atoms with Crippen molar-refractivity contribution in [2.45, 2.75) is 58.2 Å². The van der Waals surface area contributed by atoms with E-state index in [4.69, 9.17) is 4.43 Å². The topological polar surface area (TPSA) is 29.5 Å². The first-order chi connectivity index (χ1) is 8.30. The lowest BCUT2D eigenvalue weighted by Gasteiger charge is -2.42. The SMILES string of the molecule is CC(C)[Si](Oc1ccc(O)cc1)(C(C)C)C(C)C. The fourth-order valence-corrected chi connectivity index (χ4v) is 8.32. The van der Waals surface area contributed by atoms with Crippen LogP contribution in [0.4, 0.5) is 0 Å². The van der Waals surface area contributed by atoms with Crippen LogP contribution in [0.15, 0.2) is 24.3 Å². The van der Waals surface area contributed by atoms with Gasteiger partial charge in [0.05, 0.1) is 0 Å². The first kappa shape index (κ1) is 15.1. The van der Waals surface area contributed by atoms with E-state index in [1.165, 1.54) is 0 Å². The second-order valence-electron chi connectivity index (χ2n) is 5.91. The molecule has 0 aliphatic carbocycles. The second-order valence-corrected chi connectivity index (χ2v) is 11.3. The van der Waals surface area contributed by atoms with Crippen molar-refractivity contribution >= 4 is 8.32 Å². The van der Waals surface area contributed by atoms with Crippen LogP contribution in [-0.2, 0) is 0 Å². The molecule has 0 saturated carbocycles. The van der Waals surface area contributed by atoms with Crippen LogP contribution in [0.2, 0.25) is 16.6 Å². The summed E-state index contributed by atoms with van der Waals surface area (Å²) < 4.78 is 6.47. The number of hydrogen-bond donors (Lipinski definition) is 1. The highest BCUT2D eigenvalue weighted by Gasteiger charge is 2.46. The summed E-state index contributed by atoms with van der Waals surface area (Å²) in [5, 5.41) is 9.34. The monoisotopic (exact) mass is 266 g/mol. The van der Waals surface area contributed by atoms with Crippen LogP contribution >= 0.6 is 0 Å². The molecule has 0 unspecified atom stereocenters. The minimum atomic E-state index is -1.87. The standard InChI is InChI=1S/C15H26O2Si/c1-11(2)18(12(3)4,13(5)6)17-15-9-7-14(16)8-10-15/h7-13,16H,1-6H3. The minimum Gasteiger partial charge on any atom is -0.543 e. The summed E-state index contributed by atoms with van der Waals surface area (Å²) >= 11 is 0. The smallest absolute Gasteiger partial charge is 0.258 e. The quantitative estimate of drug-likeness (QED) is 0.764. The Morgan fingerprint density at radius 2 is 1.22 bits per heavy atom. The summed E-state index contributed by atoms with van der Waals surface area (Å²) in [4.78, 5) is 0. The molecular formula is C15H26O2Si. The Morgan fingerprint density at radius 1 is 0.833 bits per heavy atom. The predicted octanol–water partition coefficient (Wildman–Crippen LogP) is 4.95. The van der Waals surface area contributed by atoms with E-state index in [1.807, 2.05) is 12.1 Å². The van der Waals surface area contributed by atoms with Crippen LogP contribution in [0.3, 0.4) is 0 Å². The lowest BCUT2D eigenvalue weighted by molar-refractivity contribution is 0.465. The van der Waals surface area contributed by atoms with Crippen molar-refractivity contribution in [2.75, 3.05) is 0 Å². The van der Waals surface area contributed by atoms with Gasteiger partial charge in [-0.25, -0.2) is 0 Å². The third-order valence-electron chi connectivity index (χ3n) is 3.84. The van der Waals surface area contributed by atoms with E-state index in [1.54, 1.807) is 12.1 Å². The van der Waals surface area contributed by atoms with Gasteiger partial charge in [-0.3, -0.25) is 0 Å². The maximum absolute atomic E-state index is 9.34. The average molecular weight is 266 g/mol. The third-order valence-corrected chi connectivity index (χ3v) is 9.84. The van der Waals surface area contributed by atoms with Gasteiger partial charge in [-0.1, -0.05) is 41.5 Å². The van der Waals surface area contributed by atoms with Crippen molar-refractivity contribution in [3.05, 3.63) is 24.3 Å². The Hall–Kier alpha value is -0.963. The molecule has 0 aliphatic heterocycles. The van der Waals surface area contributed by atoms with Gasteiger partial charge in [0.1, 0.15) is 11.5 Å². The zero-order chi connectivity index (χ0) is 13.9. The Balaban J connectivity index is 3.08. The molecule has 1 aromatic carbocycles. The van der Waals surface area contributed by atoms with Gasteiger partial charge < -0.3 is 9.53 Å². The van der Waals surface area contributed by atoms with Crippen LogP contribution in [0, 0.1) is 0 Å². The largest absolute Gasteiger partial charge is 0.543 e. The zero-order valence-corrected chi connectivity index (χ0v) is 13.4. The van der Waals surface area contributed by atoms with E-state index >= 15 is 0 Å². The molecule has 0 radical (unpaired) electrons. The van der Waals surface area contributed by atoms with Gasteiger partial charge in [0.2, 0.25) is 0 Å². The molecule has 1 rings (SSSR count). The Bertz CT molecular complexity index is 347. The summed E-state index contributed by atoms with van der Waals surface area (Å²) in [6.45, 7) is 13.6. The zero-order valence-electron chi connectivity index (χ0n) is 12.4. The molecule has 0 spiro atoms. The maximum atomic E-state index is 9.34. The van der Waals surface area contributed by atoms with E-state index < -0.39 is 8.32 Å². The number of aromatic hydroxyl groups is 1. The normalized spacial score (nSPS) is 12.5. The fraction of sp³-hybridized carbons (Fsp3) is 0.600. The molecule has 0 fully saturated rings. The van der Waals surface area contributed by atoms with E-state index in [2.05, 4.69) is 41.5 Å².